The topological polar surface area (TPSA) is 84.2 Å². The van der Waals surface area contributed by atoms with Crippen LogP contribution in [0.1, 0.15) is 29.9 Å². The summed E-state index contributed by atoms with van der Waals surface area (Å²) in [6, 6.07) is 7.57. The summed E-state index contributed by atoms with van der Waals surface area (Å²) in [6.07, 6.45) is 1.49. The van der Waals surface area contributed by atoms with E-state index in [-0.39, 0.29) is 12.5 Å². The lowest BCUT2D eigenvalue weighted by atomic mass is 9.94. The lowest BCUT2D eigenvalue weighted by molar-refractivity contribution is -0.146. The molecular formula is C16H18BrN3O3. The van der Waals surface area contributed by atoms with E-state index < -0.39 is 11.4 Å². The number of halogens is 1. The first-order chi connectivity index (χ1) is 10.7. The summed E-state index contributed by atoms with van der Waals surface area (Å²) < 4.78 is 2.63. The van der Waals surface area contributed by atoms with E-state index >= 15 is 0 Å². The highest BCUT2D eigenvalue weighted by Gasteiger charge is 2.28. The number of nitrogens with zero attached hydrogens (tertiary/aromatic N) is 2. The van der Waals surface area contributed by atoms with Crippen molar-refractivity contribution < 1.29 is 14.7 Å². The molecular weight excluding hydrogens is 362 g/mol. The molecule has 2 rings (SSSR count). The quantitative estimate of drug-likeness (QED) is 0.836. The van der Waals surface area contributed by atoms with Crippen LogP contribution in [0.3, 0.4) is 0 Å². The molecule has 7 heteroatoms. The molecule has 0 bridgehead atoms. The number of aromatic nitrogens is 2. The Morgan fingerprint density at radius 1 is 1.30 bits per heavy atom. The molecule has 0 fully saturated rings. The number of carbonyl (C=O) groups is 2. The molecule has 6 nitrogen and oxygen atoms in total. The van der Waals surface area contributed by atoms with Gasteiger partial charge in [-0.3, -0.25) is 9.59 Å². The highest BCUT2D eigenvalue weighted by atomic mass is 79.9. The van der Waals surface area contributed by atoms with Crippen molar-refractivity contribution in [1.29, 1.82) is 0 Å². The molecule has 122 valence electrons. The number of aliphatic carboxylic acids is 1. The van der Waals surface area contributed by atoms with E-state index in [2.05, 4.69) is 26.3 Å². The zero-order valence-corrected chi connectivity index (χ0v) is 14.7. The van der Waals surface area contributed by atoms with Crippen LogP contribution in [0.25, 0.3) is 5.69 Å². The van der Waals surface area contributed by atoms with Crippen molar-refractivity contribution >= 4 is 27.8 Å². The van der Waals surface area contributed by atoms with Gasteiger partial charge in [0.05, 0.1) is 28.6 Å². The largest absolute Gasteiger partial charge is 0.481 e. The van der Waals surface area contributed by atoms with Gasteiger partial charge in [-0.2, -0.15) is 5.10 Å². The van der Waals surface area contributed by atoms with E-state index in [0.29, 0.717) is 11.3 Å². The number of amides is 1. The minimum absolute atomic E-state index is 0.0457. The number of hydrogen-bond donors (Lipinski definition) is 2. The fourth-order valence-electron chi connectivity index (χ4n) is 1.95. The highest BCUT2D eigenvalue weighted by molar-refractivity contribution is 9.10. The van der Waals surface area contributed by atoms with Crippen LogP contribution in [-0.4, -0.2) is 33.3 Å². The molecule has 0 spiro atoms. The van der Waals surface area contributed by atoms with Crippen molar-refractivity contribution in [3.63, 3.8) is 0 Å². The van der Waals surface area contributed by atoms with Gasteiger partial charge in [0.1, 0.15) is 0 Å². The van der Waals surface area contributed by atoms with Gasteiger partial charge in [-0.1, -0.05) is 15.9 Å². The minimum atomic E-state index is -1.02. The van der Waals surface area contributed by atoms with Gasteiger partial charge in [0.15, 0.2) is 0 Å². The van der Waals surface area contributed by atoms with Crippen molar-refractivity contribution in [2.24, 2.45) is 5.41 Å². The Hall–Kier alpha value is -2.15. The Kier molecular flexibility index (Phi) is 4.89. The molecule has 0 aliphatic carbocycles. The molecule has 0 saturated heterocycles. The fourth-order valence-corrected chi connectivity index (χ4v) is 2.21. The smallest absolute Gasteiger partial charge is 0.310 e. The van der Waals surface area contributed by atoms with Crippen LogP contribution < -0.4 is 5.32 Å². The molecule has 0 aliphatic rings. The van der Waals surface area contributed by atoms with Crippen LogP contribution in [-0.2, 0) is 4.79 Å². The van der Waals surface area contributed by atoms with Gasteiger partial charge in [0.2, 0.25) is 0 Å². The van der Waals surface area contributed by atoms with Crippen LogP contribution in [0, 0.1) is 12.3 Å². The summed E-state index contributed by atoms with van der Waals surface area (Å²) in [7, 11) is 0. The van der Waals surface area contributed by atoms with Gasteiger partial charge in [-0.15, -0.1) is 0 Å². The summed E-state index contributed by atoms with van der Waals surface area (Å²) in [4.78, 5) is 23.4. The van der Waals surface area contributed by atoms with Crippen LogP contribution in [0.5, 0.6) is 0 Å². The predicted octanol–water partition coefficient (Wildman–Crippen LogP) is 2.78. The lowest BCUT2D eigenvalue weighted by Gasteiger charge is -2.19. The van der Waals surface area contributed by atoms with Crippen LogP contribution >= 0.6 is 15.9 Å². The number of carbonyl (C=O) groups excluding carboxylic acids is 1. The molecule has 1 aromatic carbocycles. The van der Waals surface area contributed by atoms with Gasteiger partial charge in [-0.25, -0.2) is 4.68 Å². The van der Waals surface area contributed by atoms with Gasteiger partial charge in [-0.05, 0) is 45.0 Å². The summed E-state index contributed by atoms with van der Waals surface area (Å²) in [6.45, 7) is 4.97. The molecule has 1 heterocycles. The Labute approximate surface area is 142 Å². The van der Waals surface area contributed by atoms with Crippen molar-refractivity contribution in [3.05, 3.63) is 46.2 Å². The third-order valence-corrected chi connectivity index (χ3v) is 4.12. The first kappa shape index (κ1) is 17.2. The van der Waals surface area contributed by atoms with E-state index in [1.807, 2.05) is 24.3 Å². The second-order valence-electron chi connectivity index (χ2n) is 5.90. The van der Waals surface area contributed by atoms with Crippen molar-refractivity contribution in [2.45, 2.75) is 20.8 Å². The second kappa shape index (κ2) is 6.54. The van der Waals surface area contributed by atoms with E-state index in [0.717, 1.165) is 10.2 Å². The molecule has 0 unspecified atom stereocenters. The summed E-state index contributed by atoms with van der Waals surface area (Å²) in [5.74, 6) is -1.29. The number of hydrogen-bond acceptors (Lipinski definition) is 3. The molecule has 0 atom stereocenters. The molecule has 2 aromatic rings. The highest BCUT2D eigenvalue weighted by Crippen LogP contribution is 2.18. The Morgan fingerprint density at radius 2 is 1.91 bits per heavy atom. The molecule has 0 aliphatic heterocycles. The number of rotatable bonds is 5. The summed E-state index contributed by atoms with van der Waals surface area (Å²) in [5, 5.41) is 16.0. The Balaban J connectivity index is 2.17. The van der Waals surface area contributed by atoms with Crippen molar-refractivity contribution in [2.75, 3.05) is 6.54 Å². The molecule has 0 radical (unpaired) electrons. The average molecular weight is 380 g/mol. The number of nitrogens with one attached hydrogen (secondary N) is 1. The van der Waals surface area contributed by atoms with E-state index in [1.165, 1.54) is 6.20 Å². The molecule has 0 saturated carbocycles. The normalized spacial score (nSPS) is 11.3. The number of carboxylic acids is 1. The zero-order valence-electron chi connectivity index (χ0n) is 13.1. The van der Waals surface area contributed by atoms with Gasteiger partial charge < -0.3 is 10.4 Å². The molecule has 2 N–H and O–H groups in total. The summed E-state index contributed by atoms with van der Waals surface area (Å²) >= 11 is 3.37. The van der Waals surface area contributed by atoms with Crippen LogP contribution in [0.2, 0.25) is 0 Å². The van der Waals surface area contributed by atoms with E-state index in [1.54, 1.807) is 25.5 Å². The van der Waals surface area contributed by atoms with E-state index in [9.17, 15) is 9.59 Å². The van der Waals surface area contributed by atoms with Crippen molar-refractivity contribution in [3.8, 4) is 5.69 Å². The van der Waals surface area contributed by atoms with E-state index in [4.69, 9.17) is 5.11 Å². The van der Waals surface area contributed by atoms with Crippen LogP contribution in [0.4, 0.5) is 0 Å². The molecule has 1 aromatic heterocycles. The molecule has 1 amide bonds. The predicted molar refractivity (Wildman–Crippen MR) is 89.8 cm³/mol. The monoisotopic (exact) mass is 379 g/mol. The number of benzene rings is 1. The lowest BCUT2D eigenvalue weighted by Crippen LogP contribution is -2.39. The second-order valence-corrected chi connectivity index (χ2v) is 6.82. The minimum Gasteiger partial charge on any atom is -0.481 e. The van der Waals surface area contributed by atoms with Gasteiger partial charge in [0.25, 0.3) is 5.91 Å². The standard InChI is InChI=1S/C16H18BrN3O3/c1-10-13(14(21)18-9-16(2,3)15(22)23)8-19-20(10)12-6-4-11(17)5-7-12/h4-8H,9H2,1-3H3,(H,18,21)(H,22,23). The van der Waals surface area contributed by atoms with Gasteiger partial charge >= 0.3 is 5.97 Å². The third-order valence-electron chi connectivity index (χ3n) is 3.60. The summed E-state index contributed by atoms with van der Waals surface area (Å²) in [5.41, 5.74) is 0.938. The molecule has 23 heavy (non-hydrogen) atoms. The van der Waals surface area contributed by atoms with Gasteiger partial charge in [0, 0.05) is 11.0 Å². The maximum atomic E-state index is 12.3. The maximum absolute atomic E-state index is 12.3. The zero-order chi connectivity index (χ0) is 17.2. The fraction of sp³-hybridized carbons (Fsp3) is 0.312. The Bertz CT molecular complexity index is 736. The van der Waals surface area contributed by atoms with Crippen molar-refractivity contribution in [1.82, 2.24) is 15.1 Å². The maximum Gasteiger partial charge on any atom is 0.310 e. The first-order valence-corrected chi connectivity index (χ1v) is 7.84. The SMILES string of the molecule is Cc1c(C(=O)NCC(C)(C)C(=O)O)cnn1-c1ccc(Br)cc1. The Morgan fingerprint density at radius 3 is 2.48 bits per heavy atom. The first-order valence-electron chi connectivity index (χ1n) is 7.04. The third kappa shape index (κ3) is 3.79. The van der Waals surface area contributed by atoms with Crippen LogP contribution in [0.15, 0.2) is 34.9 Å². The number of carboxylic acid groups (broad SMARTS) is 1. The average Bonchev–Trinajstić information content (AvgIpc) is 2.87.